The number of hydrogen-bond acceptors (Lipinski definition) is 4. The Morgan fingerprint density at radius 1 is 1.31 bits per heavy atom. The van der Waals surface area contributed by atoms with E-state index in [2.05, 4.69) is 9.98 Å². The van der Waals surface area contributed by atoms with Gasteiger partial charge >= 0.3 is 5.97 Å². The summed E-state index contributed by atoms with van der Waals surface area (Å²) in [5.74, 6) is -1.32. The summed E-state index contributed by atoms with van der Waals surface area (Å²) in [6.45, 7) is 0. The molecule has 3 rings (SSSR count). The Labute approximate surface area is 149 Å². The molecule has 1 heterocycles. The van der Waals surface area contributed by atoms with Crippen molar-refractivity contribution in [3.8, 4) is 5.75 Å². The predicted molar refractivity (Wildman–Crippen MR) is 100 cm³/mol. The Morgan fingerprint density at radius 2 is 2.08 bits per heavy atom. The van der Waals surface area contributed by atoms with Crippen LogP contribution in [-0.2, 0) is 11.2 Å². The first-order valence-electron chi connectivity index (χ1n) is 7.94. The maximum atomic E-state index is 11.6. The van der Waals surface area contributed by atoms with Gasteiger partial charge in [0.15, 0.2) is 6.04 Å². The van der Waals surface area contributed by atoms with Crippen LogP contribution in [0.3, 0.4) is 0 Å². The third-order valence-corrected chi connectivity index (χ3v) is 4.11. The van der Waals surface area contributed by atoms with Gasteiger partial charge in [-0.2, -0.15) is 0 Å². The number of aliphatic carboxylic acids is 1. The predicted octanol–water partition coefficient (Wildman–Crippen LogP) is 2.27. The van der Waals surface area contributed by atoms with Crippen molar-refractivity contribution in [1.29, 1.82) is 5.41 Å². The van der Waals surface area contributed by atoms with Gasteiger partial charge in [-0.25, -0.2) is 4.79 Å². The molecule has 132 valence electrons. The molecule has 0 unspecified atom stereocenters. The molecule has 26 heavy (non-hydrogen) atoms. The molecular weight excluding hydrogens is 332 g/mol. The van der Waals surface area contributed by atoms with Crippen molar-refractivity contribution in [2.75, 3.05) is 0 Å². The Balaban J connectivity index is 1.84. The second-order valence-electron chi connectivity index (χ2n) is 5.88. The molecule has 0 amide bonds. The number of nitrogens with zero attached hydrogens (tertiary/aromatic N) is 1. The van der Waals surface area contributed by atoms with Crippen LogP contribution in [0.1, 0.15) is 16.7 Å². The summed E-state index contributed by atoms with van der Waals surface area (Å²) in [5, 5.41) is 27.8. The number of nitrogens with two attached hydrogens (primary N) is 1. The molecule has 1 aromatic heterocycles. The van der Waals surface area contributed by atoms with Gasteiger partial charge in [0, 0.05) is 40.9 Å². The Bertz CT molecular complexity index is 1010. The number of hydrogen-bond donors (Lipinski definition) is 5. The van der Waals surface area contributed by atoms with Gasteiger partial charge in [-0.05, 0) is 23.8 Å². The lowest BCUT2D eigenvalue weighted by Gasteiger charge is -2.08. The molecule has 1 atom stereocenters. The number of carbonyl (C=O) groups is 1. The number of para-hydroxylation sites is 1. The van der Waals surface area contributed by atoms with E-state index in [-0.39, 0.29) is 18.0 Å². The summed E-state index contributed by atoms with van der Waals surface area (Å²) in [4.78, 5) is 18.8. The highest BCUT2D eigenvalue weighted by Gasteiger charge is 2.18. The second kappa shape index (κ2) is 7.10. The molecule has 3 aromatic rings. The van der Waals surface area contributed by atoms with Crippen LogP contribution in [0.2, 0.25) is 0 Å². The number of phenols is 1. The molecule has 0 saturated carbocycles. The molecule has 7 heteroatoms. The number of amidine groups is 1. The largest absolute Gasteiger partial charge is 0.507 e. The summed E-state index contributed by atoms with van der Waals surface area (Å²) < 4.78 is 0. The van der Waals surface area contributed by atoms with Crippen LogP contribution in [0.5, 0.6) is 5.75 Å². The topological polar surface area (TPSA) is 136 Å². The number of aromatic nitrogens is 1. The zero-order chi connectivity index (χ0) is 18.7. The highest BCUT2D eigenvalue weighted by molar-refractivity contribution is 5.97. The van der Waals surface area contributed by atoms with Crippen LogP contribution >= 0.6 is 0 Å². The van der Waals surface area contributed by atoms with Crippen molar-refractivity contribution in [3.63, 3.8) is 0 Å². The molecule has 0 spiro atoms. The van der Waals surface area contributed by atoms with E-state index >= 15 is 0 Å². The average molecular weight is 350 g/mol. The number of aromatic amines is 1. The molecule has 0 aliphatic rings. The third-order valence-electron chi connectivity index (χ3n) is 4.11. The minimum Gasteiger partial charge on any atom is -0.507 e. The molecule has 0 radical (unpaired) electrons. The van der Waals surface area contributed by atoms with Crippen LogP contribution in [0, 0.1) is 5.41 Å². The number of carboxylic acids is 1. The van der Waals surface area contributed by atoms with Crippen LogP contribution in [0.4, 0.5) is 0 Å². The lowest BCUT2D eigenvalue weighted by Crippen LogP contribution is -2.20. The molecule has 2 aromatic carbocycles. The van der Waals surface area contributed by atoms with E-state index < -0.39 is 12.0 Å². The number of fused-ring (bicyclic) bond motifs is 1. The van der Waals surface area contributed by atoms with Gasteiger partial charge in [0.1, 0.15) is 11.6 Å². The molecule has 0 aliphatic heterocycles. The Hall–Kier alpha value is -3.61. The van der Waals surface area contributed by atoms with E-state index in [1.807, 2.05) is 24.3 Å². The fraction of sp³-hybridized carbons (Fsp3) is 0.105. The second-order valence-corrected chi connectivity index (χ2v) is 5.88. The van der Waals surface area contributed by atoms with E-state index in [0.717, 1.165) is 16.5 Å². The number of H-pyrrole nitrogens is 1. The number of nitrogens with one attached hydrogen (secondary N) is 2. The van der Waals surface area contributed by atoms with Crippen molar-refractivity contribution in [3.05, 3.63) is 65.4 Å². The highest BCUT2D eigenvalue weighted by atomic mass is 16.4. The fourth-order valence-corrected chi connectivity index (χ4v) is 2.70. The van der Waals surface area contributed by atoms with Gasteiger partial charge < -0.3 is 20.9 Å². The quantitative estimate of drug-likeness (QED) is 0.344. The number of benzene rings is 2. The van der Waals surface area contributed by atoms with Crippen molar-refractivity contribution in [2.24, 2.45) is 10.7 Å². The number of rotatable bonds is 6. The molecule has 0 saturated heterocycles. The van der Waals surface area contributed by atoms with Crippen molar-refractivity contribution in [2.45, 2.75) is 12.5 Å². The molecule has 0 bridgehead atoms. The van der Waals surface area contributed by atoms with Gasteiger partial charge in [0.05, 0.1) is 0 Å². The van der Waals surface area contributed by atoms with Crippen LogP contribution in [0.15, 0.2) is 53.7 Å². The van der Waals surface area contributed by atoms with Crippen molar-refractivity contribution < 1.29 is 15.0 Å². The lowest BCUT2D eigenvalue weighted by atomic mass is 10.1. The molecule has 0 aliphatic carbocycles. The summed E-state index contributed by atoms with van der Waals surface area (Å²) >= 11 is 0. The highest BCUT2D eigenvalue weighted by Crippen LogP contribution is 2.21. The number of carboxylic acid groups (broad SMARTS) is 1. The maximum absolute atomic E-state index is 11.6. The van der Waals surface area contributed by atoms with Crippen molar-refractivity contribution >= 4 is 28.9 Å². The monoisotopic (exact) mass is 350 g/mol. The maximum Gasteiger partial charge on any atom is 0.328 e. The fourth-order valence-electron chi connectivity index (χ4n) is 2.70. The first kappa shape index (κ1) is 17.2. The van der Waals surface area contributed by atoms with E-state index in [1.54, 1.807) is 18.3 Å². The molecule has 0 fully saturated rings. The first-order chi connectivity index (χ1) is 12.5. The minimum atomic E-state index is -1.05. The van der Waals surface area contributed by atoms with Gasteiger partial charge in [0.25, 0.3) is 0 Å². The third kappa shape index (κ3) is 3.56. The number of phenolic OH excluding ortho intramolecular Hbond substituents is 1. The van der Waals surface area contributed by atoms with E-state index in [1.165, 1.54) is 12.3 Å². The molecule has 6 N–H and O–H groups in total. The van der Waals surface area contributed by atoms with Crippen LogP contribution in [-0.4, -0.2) is 39.3 Å². The number of aromatic hydroxyl groups is 1. The van der Waals surface area contributed by atoms with Crippen molar-refractivity contribution in [1.82, 2.24) is 4.98 Å². The number of aliphatic imine (C=N–C) groups is 1. The molecular formula is C19H18N4O3. The standard InChI is InChI=1S/C19H18N4O3/c20-18(21)11-5-6-12(17(24)8-11)9-23-16(19(25)26)7-13-10-22-15-4-2-1-3-14(13)15/h1-6,8-10,16,22,24H,7H2,(H3,20,21)(H,25,26)/t16-/m0/s1. The van der Waals surface area contributed by atoms with E-state index in [4.69, 9.17) is 11.1 Å². The first-order valence-corrected chi connectivity index (χ1v) is 7.94. The summed E-state index contributed by atoms with van der Waals surface area (Å²) in [6, 6.07) is 11.1. The van der Waals surface area contributed by atoms with Crippen LogP contribution in [0.25, 0.3) is 10.9 Å². The Kier molecular flexibility index (Phi) is 4.70. The Morgan fingerprint density at radius 3 is 2.77 bits per heavy atom. The van der Waals surface area contributed by atoms with E-state index in [0.29, 0.717) is 11.1 Å². The zero-order valence-electron chi connectivity index (χ0n) is 13.8. The SMILES string of the molecule is N=C(N)c1ccc(C=N[C@@H](Cc2c[nH]c3ccccc23)C(=O)O)c(O)c1. The smallest absolute Gasteiger partial charge is 0.328 e. The summed E-state index contributed by atoms with van der Waals surface area (Å²) in [6.07, 6.45) is 3.34. The van der Waals surface area contributed by atoms with Crippen LogP contribution < -0.4 is 5.73 Å². The minimum absolute atomic E-state index is 0.113. The lowest BCUT2D eigenvalue weighted by molar-refractivity contribution is -0.138. The normalized spacial score (nSPS) is 12.5. The van der Waals surface area contributed by atoms with E-state index in [9.17, 15) is 15.0 Å². The van der Waals surface area contributed by atoms with Gasteiger partial charge in [0.2, 0.25) is 0 Å². The number of nitrogen functional groups attached to an aromatic ring is 1. The average Bonchev–Trinajstić information content (AvgIpc) is 3.02. The zero-order valence-corrected chi connectivity index (χ0v) is 13.8. The van der Waals surface area contributed by atoms with Gasteiger partial charge in [-0.15, -0.1) is 0 Å². The van der Waals surface area contributed by atoms with Gasteiger partial charge in [-0.1, -0.05) is 24.3 Å². The van der Waals surface area contributed by atoms with Gasteiger partial charge in [-0.3, -0.25) is 10.4 Å². The molecule has 7 nitrogen and oxygen atoms in total. The summed E-state index contributed by atoms with van der Waals surface area (Å²) in [7, 11) is 0. The summed E-state index contributed by atoms with van der Waals surface area (Å²) in [5.41, 5.74) is 7.92.